The first-order chi connectivity index (χ1) is 7.35. The summed E-state index contributed by atoms with van der Waals surface area (Å²) >= 11 is 8.79. The van der Waals surface area contributed by atoms with Gasteiger partial charge in [0, 0.05) is 10.4 Å². The number of hydrogen-bond acceptors (Lipinski definition) is 2. The van der Waals surface area contributed by atoms with Gasteiger partial charge in [0.2, 0.25) is 10.0 Å². The van der Waals surface area contributed by atoms with Gasteiger partial charge in [-0.3, -0.25) is 4.72 Å². The maximum Gasteiger partial charge on any atom is 0.233 e. The number of benzene rings is 1. The fraction of sp³-hybridized carbons (Fsp3) is 0.400. The summed E-state index contributed by atoms with van der Waals surface area (Å²) in [6.07, 6.45) is 0. The predicted molar refractivity (Wildman–Crippen MR) is 71.7 cm³/mol. The smallest absolute Gasteiger partial charge is 0.233 e. The quantitative estimate of drug-likeness (QED) is 0.864. The van der Waals surface area contributed by atoms with E-state index >= 15 is 0 Å². The third-order valence-electron chi connectivity index (χ3n) is 2.10. The zero-order chi connectivity index (χ0) is 12.3. The van der Waals surface area contributed by atoms with Crippen molar-refractivity contribution < 1.29 is 8.42 Å². The van der Waals surface area contributed by atoms with E-state index in [0.717, 1.165) is 15.6 Å². The van der Waals surface area contributed by atoms with Gasteiger partial charge in [-0.15, -0.1) is 11.6 Å². The highest BCUT2D eigenvalue weighted by Crippen LogP contribution is 2.25. The van der Waals surface area contributed by atoms with Gasteiger partial charge in [0.1, 0.15) is 0 Å². The van der Waals surface area contributed by atoms with E-state index in [1.54, 1.807) is 0 Å². The molecular weight excluding hydrogens is 314 g/mol. The van der Waals surface area contributed by atoms with Gasteiger partial charge in [-0.1, -0.05) is 15.9 Å². The van der Waals surface area contributed by atoms with Crippen LogP contribution in [0.15, 0.2) is 16.6 Å². The van der Waals surface area contributed by atoms with Crippen molar-refractivity contribution in [1.29, 1.82) is 0 Å². The number of alkyl halides is 1. The molecule has 0 aliphatic carbocycles. The Kier molecular flexibility index (Phi) is 4.64. The van der Waals surface area contributed by atoms with Crippen LogP contribution in [0.25, 0.3) is 0 Å². The second-order valence-corrected chi connectivity index (χ2v) is 6.66. The Hall–Kier alpha value is -0.260. The minimum atomic E-state index is -3.34. The number of halogens is 2. The highest BCUT2D eigenvalue weighted by molar-refractivity contribution is 9.10. The van der Waals surface area contributed by atoms with Crippen molar-refractivity contribution in [2.24, 2.45) is 0 Å². The van der Waals surface area contributed by atoms with Gasteiger partial charge in [0.05, 0.1) is 11.4 Å². The minimum absolute atomic E-state index is 0.0799. The Balaban J connectivity index is 3.07. The van der Waals surface area contributed by atoms with E-state index in [0.29, 0.717) is 5.69 Å². The molecule has 6 heteroatoms. The van der Waals surface area contributed by atoms with Gasteiger partial charge in [-0.05, 0) is 37.1 Å². The molecule has 0 saturated carbocycles. The van der Waals surface area contributed by atoms with Crippen LogP contribution >= 0.6 is 27.5 Å². The Morgan fingerprint density at radius 2 is 1.81 bits per heavy atom. The fourth-order valence-corrected chi connectivity index (χ4v) is 3.61. The van der Waals surface area contributed by atoms with Crippen molar-refractivity contribution in [2.75, 3.05) is 16.4 Å². The normalized spacial score (nSPS) is 11.5. The van der Waals surface area contributed by atoms with Crippen LogP contribution in [0.2, 0.25) is 0 Å². The average molecular weight is 327 g/mol. The zero-order valence-corrected chi connectivity index (χ0v) is 12.2. The number of aryl methyl sites for hydroxylation is 2. The highest BCUT2D eigenvalue weighted by atomic mass is 79.9. The summed E-state index contributed by atoms with van der Waals surface area (Å²) in [6.45, 7) is 3.71. The van der Waals surface area contributed by atoms with Crippen LogP contribution in [-0.4, -0.2) is 20.1 Å². The minimum Gasteiger partial charge on any atom is -0.283 e. The van der Waals surface area contributed by atoms with Crippen molar-refractivity contribution in [2.45, 2.75) is 13.8 Å². The van der Waals surface area contributed by atoms with E-state index in [9.17, 15) is 8.42 Å². The van der Waals surface area contributed by atoms with Crippen LogP contribution in [-0.2, 0) is 10.0 Å². The molecule has 0 radical (unpaired) electrons. The highest BCUT2D eigenvalue weighted by Gasteiger charge is 2.13. The van der Waals surface area contributed by atoms with Gasteiger partial charge in [0.25, 0.3) is 0 Å². The Morgan fingerprint density at radius 3 is 2.25 bits per heavy atom. The molecule has 0 saturated heterocycles. The van der Waals surface area contributed by atoms with Crippen LogP contribution in [0.3, 0.4) is 0 Å². The number of hydrogen-bond donors (Lipinski definition) is 1. The van der Waals surface area contributed by atoms with Gasteiger partial charge in [0.15, 0.2) is 0 Å². The molecule has 1 aromatic rings. The lowest BCUT2D eigenvalue weighted by Crippen LogP contribution is -2.18. The summed E-state index contributed by atoms with van der Waals surface area (Å²) in [7, 11) is -3.34. The van der Waals surface area contributed by atoms with Crippen molar-refractivity contribution >= 4 is 43.2 Å². The molecule has 90 valence electrons. The lowest BCUT2D eigenvalue weighted by Gasteiger charge is -2.13. The van der Waals surface area contributed by atoms with Crippen molar-refractivity contribution in [1.82, 2.24) is 0 Å². The monoisotopic (exact) mass is 325 g/mol. The number of sulfonamides is 1. The summed E-state index contributed by atoms with van der Waals surface area (Å²) in [5.41, 5.74) is 2.39. The van der Waals surface area contributed by atoms with Crippen molar-refractivity contribution in [3.8, 4) is 0 Å². The predicted octanol–water partition coefficient (Wildman–Crippen LogP) is 3.05. The van der Waals surface area contributed by atoms with Crippen molar-refractivity contribution in [3.63, 3.8) is 0 Å². The molecule has 0 aromatic heterocycles. The molecule has 1 N–H and O–H groups in total. The Morgan fingerprint density at radius 1 is 1.31 bits per heavy atom. The van der Waals surface area contributed by atoms with E-state index in [1.165, 1.54) is 0 Å². The molecule has 0 atom stereocenters. The van der Waals surface area contributed by atoms with E-state index in [1.807, 2.05) is 26.0 Å². The number of rotatable bonds is 4. The third-order valence-corrected chi connectivity index (χ3v) is 4.23. The molecule has 0 aliphatic heterocycles. The van der Waals surface area contributed by atoms with Crippen LogP contribution < -0.4 is 4.72 Å². The van der Waals surface area contributed by atoms with E-state index < -0.39 is 10.0 Å². The summed E-state index contributed by atoms with van der Waals surface area (Å²) in [6, 6.07) is 3.73. The van der Waals surface area contributed by atoms with E-state index in [-0.39, 0.29) is 11.6 Å². The summed E-state index contributed by atoms with van der Waals surface area (Å²) in [4.78, 5) is 0. The summed E-state index contributed by atoms with van der Waals surface area (Å²) < 4.78 is 26.6. The van der Waals surface area contributed by atoms with Gasteiger partial charge in [-0.25, -0.2) is 8.42 Å². The van der Waals surface area contributed by atoms with Crippen LogP contribution in [0.1, 0.15) is 11.1 Å². The molecule has 1 rings (SSSR count). The fourth-order valence-electron chi connectivity index (χ4n) is 1.38. The molecule has 0 spiro atoms. The Bertz CT molecular complexity index is 465. The van der Waals surface area contributed by atoms with Crippen LogP contribution in [0.5, 0.6) is 0 Å². The average Bonchev–Trinajstić information content (AvgIpc) is 2.11. The SMILES string of the molecule is Cc1cc(Br)cc(C)c1NS(=O)(=O)CCCl. The third kappa shape index (κ3) is 3.64. The lowest BCUT2D eigenvalue weighted by molar-refractivity contribution is 0.602. The van der Waals surface area contributed by atoms with Crippen LogP contribution in [0.4, 0.5) is 5.69 Å². The standard InChI is InChI=1S/C10H13BrClNO2S/c1-7-5-9(11)6-8(2)10(7)13-16(14,15)4-3-12/h5-6,13H,3-4H2,1-2H3. The van der Waals surface area contributed by atoms with E-state index in [2.05, 4.69) is 20.7 Å². The summed E-state index contributed by atoms with van der Waals surface area (Å²) in [5.74, 6) is 0.00740. The largest absolute Gasteiger partial charge is 0.283 e. The molecule has 0 bridgehead atoms. The van der Waals surface area contributed by atoms with Gasteiger partial charge in [-0.2, -0.15) is 0 Å². The molecule has 0 aliphatic rings. The maximum absolute atomic E-state index is 11.6. The first-order valence-electron chi connectivity index (χ1n) is 4.69. The molecule has 0 fully saturated rings. The molecule has 0 amide bonds. The topological polar surface area (TPSA) is 46.2 Å². The molecule has 0 heterocycles. The zero-order valence-electron chi connectivity index (χ0n) is 9.05. The molecular formula is C10H13BrClNO2S. The summed E-state index contributed by atoms with van der Waals surface area (Å²) in [5, 5.41) is 0. The molecule has 0 unspecified atom stereocenters. The molecule has 3 nitrogen and oxygen atoms in total. The second-order valence-electron chi connectivity index (χ2n) is 3.52. The second kappa shape index (κ2) is 5.38. The first-order valence-corrected chi connectivity index (χ1v) is 7.67. The lowest BCUT2D eigenvalue weighted by atomic mass is 10.1. The van der Waals surface area contributed by atoms with Crippen LogP contribution in [0, 0.1) is 13.8 Å². The first kappa shape index (κ1) is 13.8. The Labute approximate surface area is 109 Å². The number of anilines is 1. The maximum atomic E-state index is 11.6. The molecule has 16 heavy (non-hydrogen) atoms. The molecule has 1 aromatic carbocycles. The number of nitrogens with one attached hydrogen (secondary N) is 1. The van der Waals surface area contributed by atoms with Gasteiger partial charge < -0.3 is 0 Å². The van der Waals surface area contributed by atoms with E-state index in [4.69, 9.17) is 11.6 Å². The van der Waals surface area contributed by atoms with Crippen molar-refractivity contribution in [3.05, 3.63) is 27.7 Å². The van der Waals surface area contributed by atoms with Gasteiger partial charge >= 0.3 is 0 Å².